The standard InChI is InChI=1S/C25H30N6O2/c1-30-17-20(16-27-30)28-25(33)23(14-18-6-3-4-7-18)29-24(32)19-8-5-9-22(15-19)31(2)21-10-12-26-13-11-21/h5,8-13,15-18,23H,3-4,6-7,14H2,1-2H3,(H,28,33)(H,29,32)/t23-/m0/s1. The molecule has 0 spiro atoms. The van der Waals surface area contributed by atoms with Gasteiger partial charge in [0.1, 0.15) is 6.04 Å². The summed E-state index contributed by atoms with van der Waals surface area (Å²) in [5.41, 5.74) is 2.98. The molecule has 0 saturated heterocycles. The van der Waals surface area contributed by atoms with Crippen LogP contribution >= 0.6 is 0 Å². The summed E-state index contributed by atoms with van der Waals surface area (Å²) in [6.45, 7) is 0. The van der Waals surface area contributed by atoms with Crippen molar-refractivity contribution in [2.24, 2.45) is 13.0 Å². The Hall–Kier alpha value is -3.68. The van der Waals surface area contributed by atoms with Gasteiger partial charge in [-0.05, 0) is 42.7 Å². The molecule has 1 aliphatic rings. The molecule has 1 atom stereocenters. The molecule has 1 aromatic carbocycles. The molecule has 2 aromatic heterocycles. The van der Waals surface area contributed by atoms with Gasteiger partial charge in [0, 0.05) is 49.6 Å². The molecular weight excluding hydrogens is 416 g/mol. The van der Waals surface area contributed by atoms with Crippen molar-refractivity contribution in [1.29, 1.82) is 0 Å². The van der Waals surface area contributed by atoms with E-state index >= 15 is 0 Å². The number of nitrogens with zero attached hydrogens (tertiary/aromatic N) is 4. The Morgan fingerprint density at radius 2 is 1.91 bits per heavy atom. The quantitative estimate of drug-likeness (QED) is 0.548. The molecule has 8 heteroatoms. The number of carbonyl (C=O) groups is 2. The Morgan fingerprint density at radius 3 is 2.61 bits per heavy atom. The van der Waals surface area contributed by atoms with Crippen LogP contribution in [-0.4, -0.2) is 39.7 Å². The van der Waals surface area contributed by atoms with Gasteiger partial charge in [0.2, 0.25) is 5.91 Å². The Morgan fingerprint density at radius 1 is 1.15 bits per heavy atom. The number of rotatable bonds is 8. The highest BCUT2D eigenvalue weighted by molar-refractivity contribution is 6.01. The van der Waals surface area contributed by atoms with E-state index < -0.39 is 6.04 Å². The SMILES string of the molecule is CN(c1ccncc1)c1cccc(C(=O)N[C@@H](CC2CCCC2)C(=O)Nc2cnn(C)c2)c1. The number of hydrogen-bond acceptors (Lipinski definition) is 5. The van der Waals surface area contributed by atoms with Crippen LogP contribution in [0, 0.1) is 5.92 Å². The van der Waals surface area contributed by atoms with Crippen molar-refractivity contribution in [3.63, 3.8) is 0 Å². The first-order valence-corrected chi connectivity index (χ1v) is 11.3. The van der Waals surface area contributed by atoms with E-state index in [0.29, 0.717) is 23.6 Å². The number of carbonyl (C=O) groups excluding carboxylic acids is 2. The molecule has 0 radical (unpaired) electrons. The highest BCUT2D eigenvalue weighted by atomic mass is 16.2. The molecule has 2 heterocycles. The van der Waals surface area contributed by atoms with E-state index in [9.17, 15) is 9.59 Å². The molecule has 1 fully saturated rings. The molecule has 3 aromatic rings. The number of aryl methyl sites for hydroxylation is 1. The van der Waals surface area contributed by atoms with Crippen LogP contribution in [0.15, 0.2) is 61.2 Å². The van der Waals surface area contributed by atoms with Gasteiger partial charge in [-0.15, -0.1) is 0 Å². The molecule has 1 aliphatic carbocycles. The summed E-state index contributed by atoms with van der Waals surface area (Å²) in [5, 5.41) is 9.98. The maximum atomic E-state index is 13.2. The zero-order chi connectivity index (χ0) is 23.2. The molecule has 0 unspecified atom stereocenters. The van der Waals surface area contributed by atoms with E-state index in [2.05, 4.69) is 20.7 Å². The van der Waals surface area contributed by atoms with Crippen LogP contribution in [0.2, 0.25) is 0 Å². The first kappa shape index (κ1) is 22.5. The topological polar surface area (TPSA) is 92.2 Å². The van der Waals surface area contributed by atoms with Crippen molar-refractivity contribution in [1.82, 2.24) is 20.1 Å². The first-order valence-electron chi connectivity index (χ1n) is 11.3. The molecule has 172 valence electrons. The van der Waals surface area contributed by atoms with Crippen molar-refractivity contribution in [3.8, 4) is 0 Å². The van der Waals surface area contributed by atoms with Crippen LogP contribution in [0.25, 0.3) is 0 Å². The fourth-order valence-corrected chi connectivity index (χ4v) is 4.34. The van der Waals surface area contributed by atoms with Gasteiger partial charge in [0.05, 0.1) is 11.9 Å². The van der Waals surface area contributed by atoms with Gasteiger partial charge in [-0.1, -0.05) is 31.7 Å². The summed E-state index contributed by atoms with van der Waals surface area (Å²) >= 11 is 0. The number of pyridine rings is 1. The average molecular weight is 447 g/mol. The van der Waals surface area contributed by atoms with E-state index in [1.54, 1.807) is 42.6 Å². The molecule has 4 rings (SSSR count). The second-order valence-corrected chi connectivity index (χ2v) is 8.62. The lowest BCUT2D eigenvalue weighted by molar-refractivity contribution is -0.118. The van der Waals surface area contributed by atoms with E-state index in [1.807, 2.05) is 42.3 Å². The molecule has 0 bridgehead atoms. The first-order chi connectivity index (χ1) is 16.0. The van der Waals surface area contributed by atoms with Gasteiger partial charge >= 0.3 is 0 Å². The number of hydrogen-bond donors (Lipinski definition) is 2. The normalized spacial score (nSPS) is 14.6. The van der Waals surface area contributed by atoms with Crippen LogP contribution in [0.4, 0.5) is 17.1 Å². The summed E-state index contributed by atoms with van der Waals surface area (Å²) in [6, 6.07) is 10.6. The molecule has 2 N–H and O–H groups in total. The summed E-state index contributed by atoms with van der Waals surface area (Å²) in [6.07, 6.45) is 12.0. The van der Waals surface area contributed by atoms with Crippen molar-refractivity contribution >= 4 is 28.9 Å². The van der Waals surface area contributed by atoms with Gasteiger partial charge in [-0.3, -0.25) is 19.3 Å². The molecule has 0 aliphatic heterocycles. The average Bonchev–Trinajstić information content (AvgIpc) is 3.50. The van der Waals surface area contributed by atoms with E-state index in [4.69, 9.17) is 0 Å². The highest BCUT2D eigenvalue weighted by Gasteiger charge is 2.27. The Bertz CT molecular complexity index is 1090. The Labute approximate surface area is 194 Å². The van der Waals surface area contributed by atoms with Gasteiger partial charge in [-0.25, -0.2) is 0 Å². The van der Waals surface area contributed by atoms with E-state index in [0.717, 1.165) is 24.2 Å². The van der Waals surface area contributed by atoms with Crippen molar-refractivity contribution < 1.29 is 9.59 Å². The minimum atomic E-state index is -0.609. The smallest absolute Gasteiger partial charge is 0.252 e. The molecule has 2 amide bonds. The zero-order valence-electron chi connectivity index (χ0n) is 19.1. The van der Waals surface area contributed by atoms with Crippen molar-refractivity contribution in [3.05, 3.63) is 66.7 Å². The zero-order valence-corrected chi connectivity index (χ0v) is 19.1. The predicted molar refractivity (Wildman–Crippen MR) is 128 cm³/mol. The lowest BCUT2D eigenvalue weighted by Gasteiger charge is -2.22. The molecule has 33 heavy (non-hydrogen) atoms. The van der Waals surface area contributed by atoms with Crippen LogP contribution < -0.4 is 15.5 Å². The van der Waals surface area contributed by atoms with Gasteiger partial charge in [0.15, 0.2) is 0 Å². The Kier molecular flexibility index (Phi) is 7.02. The van der Waals surface area contributed by atoms with Gasteiger partial charge in [-0.2, -0.15) is 5.10 Å². The predicted octanol–water partition coefficient (Wildman–Crippen LogP) is 3.90. The molecular formula is C25H30N6O2. The van der Waals surface area contributed by atoms with Crippen LogP contribution in [0.3, 0.4) is 0 Å². The summed E-state index contributed by atoms with van der Waals surface area (Å²) in [4.78, 5) is 32.3. The van der Waals surface area contributed by atoms with Crippen LogP contribution in [0.5, 0.6) is 0 Å². The minimum absolute atomic E-state index is 0.215. The summed E-state index contributed by atoms with van der Waals surface area (Å²) in [7, 11) is 3.74. The number of nitrogens with one attached hydrogen (secondary N) is 2. The third-order valence-electron chi connectivity index (χ3n) is 6.18. The van der Waals surface area contributed by atoms with Gasteiger partial charge < -0.3 is 15.5 Å². The second-order valence-electron chi connectivity index (χ2n) is 8.62. The third-order valence-corrected chi connectivity index (χ3v) is 6.18. The highest BCUT2D eigenvalue weighted by Crippen LogP contribution is 2.29. The third kappa shape index (κ3) is 5.77. The van der Waals surface area contributed by atoms with Crippen molar-refractivity contribution in [2.45, 2.75) is 38.1 Å². The number of aromatic nitrogens is 3. The minimum Gasteiger partial charge on any atom is -0.345 e. The Balaban J connectivity index is 1.49. The summed E-state index contributed by atoms with van der Waals surface area (Å²) < 4.78 is 1.63. The van der Waals surface area contributed by atoms with E-state index in [1.165, 1.54) is 12.8 Å². The second kappa shape index (κ2) is 10.3. The lowest BCUT2D eigenvalue weighted by Crippen LogP contribution is -2.44. The lowest BCUT2D eigenvalue weighted by atomic mass is 9.97. The largest absolute Gasteiger partial charge is 0.345 e. The fraction of sp³-hybridized carbons (Fsp3) is 0.360. The summed E-state index contributed by atoms with van der Waals surface area (Å²) in [5.74, 6) is -0.0308. The molecule has 1 saturated carbocycles. The maximum absolute atomic E-state index is 13.2. The fourth-order valence-electron chi connectivity index (χ4n) is 4.34. The number of benzene rings is 1. The van der Waals surface area contributed by atoms with Gasteiger partial charge in [0.25, 0.3) is 5.91 Å². The molecule has 8 nitrogen and oxygen atoms in total. The van der Waals surface area contributed by atoms with Crippen LogP contribution in [-0.2, 0) is 11.8 Å². The maximum Gasteiger partial charge on any atom is 0.252 e. The number of anilines is 3. The van der Waals surface area contributed by atoms with Crippen molar-refractivity contribution in [2.75, 3.05) is 17.3 Å². The number of amides is 2. The van der Waals surface area contributed by atoms with E-state index in [-0.39, 0.29) is 11.8 Å². The van der Waals surface area contributed by atoms with Crippen LogP contribution in [0.1, 0.15) is 42.5 Å². The monoisotopic (exact) mass is 446 g/mol.